The average molecular weight is 292 g/mol. The molecule has 0 radical (unpaired) electrons. The maximum Gasteiger partial charge on any atom is 0.181 e. The molecule has 4 heteroatoms. The molecule has 1 rings (SSSR count). The molecule has 0 aliphatic rings. The van der Waals surface area contributed by atoms with Gasteiger partial charge in [0.1, 0.15) is 5.60 Å². The summed E-state index contributed by atoms with van der Waals surface area (Å²) in [5.41, 5.74) is 0.507. The summed E-state index contributed by atoms with van der Waals surface area (Å²) < 4.78 is 29.2. The van der Waals surface area contributed by atoms with Crippen LogP contribution in [0.5, 0.6) is 0 Å². The van der Waals surface area contributed by atoms with Gasteiger partial charge in [-0.25, -0.2) is 8.42 Å². The van der Waals surface area contributed by atoms with Crippen molar-refractivity contribution in [3.63, 3.8) is 0 Å². The van der Waals surface area contributed by atoms with Gasteiger partial charge in [-0.1, -0.05) is 35.6 Å². The van der Waals surface area contributed by atoms with E-state index in [-0.39, 0.29) is 5.75 Å². The lowest BCUT2D eigenvalue weighted by Gasteiger charge is -2.13. The monoisotopic (exact) mass is 292 g/mol. The predicted molar refractivity (Wildman–Crippen MR) is 81.2 cm³/mol. The highest BCUT2D eigenvalue weighted by molar-refractivity contribution is 7.91. The van der Waals surface area contributed by atoms with E-state index in [9.17, 15) is 8.42 Å². The average Bonchev–Trinajstić information content (AvgIpc) is 2.38. The normalized spacial score (nSPS) is 12.2. The Balaban J connectivity index is 2.72. The zero-order valence-electron chi connectivity index (χ0n) is 12.3. The molecule has 0 heterocycles. The first-order chi connectivity index (χ1) is 9.27. The molecule has 0 aliphatic carbocycles. The van der Waals surface area contributed by atoms with Gasteiger partial charge in [-0.3, -0.25) is 0 Å². The van der Waals surface area contributed by atoms with Gasteiger partial charge < -0.3 is 4.74 Å². The first-order valence-corrected chi connectivity index (χ1v) is 7.94. The Kier molecular flexibility index (Phi) is 5.55. The molecule has 3 nitrogen and oxygen atoms in total. The summed E-state index contributed by atoms with van der Waals surface area (Å²) in [4.78, 5) is 0.331. The van der Waals surface area contributed by atoms with E-state index in [0.717, 1.165) is 5.56 Å². The Labute approximate surface area is 121 Å². The van der Waals surface area contributed by atoms with Crippen molar-refractivity contribution >= 4 is 9.84 Å². The van der Waals surface area contributed by atoms with Gasteiger partial charge in [-0.05, 0) is 39.0 Å². The highest BCUT2D eigenvalue weighted by Crippen LogP contribution is 2.12. The van der Waals surface area contributed by atoms with E-state index in [2.05, 4.69) is 11.8 Å². The van der Waals surface area contributed by atoms with Crippen LogP contribution < -0.4 is 0 Å². The summed E-state index contributed by atoms with van der Waals surface area (Å²) in [6.07, 6.45) is 3.10. The topological polar surface area (TPSA) is 43.4 Å². The molecule has 0 spiro atoms. The lowest BCUT2D eigenvalue weighted by atomic mass is 10.1. The molecule has 0 aromatic heterocycles. The molecule has 0 N–H and O–H groups in total. The molecule has 1 aromatic rings. The third kappa shape index (κ3) is 5.20. The van der Waals surface area contributed by atoms with Crippen molar-refractivity contribution in [3.05, 3.63) is 42.0 Å². The van der Waals surface area contributed by atoms with E-state index in [1.807, 2.05) is 20.8 Å². The SMILES string of the molecule is COC(C)(C)C#C/C=C/CS(=O)(=O)c1ccc(C)cc1. The third-order valence-corrected chi connectivity index (χ3v) is 4.40. The van der Waals surface area contributed by atoms with Crippen LogP contribution in [0.4, 0.5) is 0 Å². The van der Waals surface area contributed by atoms with Crippen molar-refractivity contribution in [1.82, 2.24) is 0 Å². The van der Waals surface area contributed by atoms with Gasteiger partial charge in [0.25, 0.3) is 0 Å². The molecule has 0 unspecified atom stereocenters. The molecule has 108 valence electrons. The highest BCUT2D eigenvalue weighted by atomic mass is 32.2. The molecule has 1 aromatic carbocycles. The first kappa shape index (κ1) is 16.5. The standard InChI is InChI=1S/C16H20O3S/c1-14-8-10-15(11-9-14)20(17,18)13-7-5-6-12-16(2,3)19-4/h5,7-11H,13H2,1-4H3/b7-5+. The summed E-state index contributed by atoms with van der Waals surface area (Å²) in [7, 11) is -1.70. The Morgan fingerprint density at radius 2 is 1.85 bits per heavy atom. The van der Waals surface area contributed by atoms with E-state index < -0.39 is 15.4 Å². The van der Waals surface area contributed by atoms with Crippen molar-refractivity contribution in [1.29, 1.82) is 0 Å². The molecule has 0 atom stereocenters. The van der Waals surface area contributed by atoms with Crippen molar-refractivity contribution in [2.24, 2.45) is 0 Å². The number of benzene rings is 1. The number of sulfone groups is 1. The van der Waals surface area contributed by atoms with E-state index in [0.29, 0.717) is 4.90 Å². The summed E-state index contributed by atoms with van der Waals surface area (Å²) in [5.74, 6) is 5.62. The van der Waals surface area contributed by atoms with E-state index in [4.69, 9.17) is 4.74 Å². The van der Waals surface area contributed by atoms with Gasteiger partial charge in [0, 0.05) is 7.11 Å². The number of hydrogen-bond acceptors (Lipinski definition) is 3. The minimum Gasteiger partial charge on any atom is -0.366 e. The lowest BCUT2D eigenvalue weighted by molar-refractivity contribution is 0.0742. The Morgan fingerprint density at radius 3 is 2.40 bits per heavy atom. The molecule has 0 aliphatic heterocycles. The number of aryl methyl sites for hydroxylation is 1. The molecular weight excluding hydrogens is 272 g/mol. The summed E-state index contributed by atoms with van der Waals surface area (Å²) in [5, 5.41) is 0. The first-order valence-electron chi connectivity index (χ1n) is 6.29. The summed E-state index contributed by atoms with van der Waals surface area (Å²) in [6.45, 7) is 5.61. The second-order valence-electron chi connectivity index (χ2n) is 4.98. The second kappa shape index (κ2) is 6.74. The molecular formula is C16H20O3S. The quantitative estimate of drug-likeness (QED) is 0.801. The van der Waals surface area contributed by atoms with Crippen LogP contribution in [0, 0.1) is 18.8 Å². The van der Waals surface area contributed by atoms with Crippen molar-refractivity contribution in [2.45, 2.75) is 31.3 Å². The van der Waals surface area contributed by atoms with Crippen molar-refractivity contribution < 1.29 is 13.2 Å². The second-order valence-corrected chi connectivity index (χ2v) is 7.01. The number of ether oxygens (including phenoxy) is 1. The molecule has 20 heavy (non-hydrogen) atoms. The third-order valence-electron chi connectivity index (χ3n) is 2.78. The van der Waals surface area contributed by atoms with Gasteiger partial charge in [0.05, 0.1) is 10.6 Å². The van der Waals surface area contributed by atoms with Gasteiger partial charge in [0.2, 0.25) is 0 Å². The van der Waals surface area contributed by atoms with Crippen LogP contribution in [-0.2, 0) is 14.6 Å². The molecule has 0 amide bonds. The van der Waals surface area contributed by atoms with Crippen LogP contribution in [0.25, 0.3) is 0 Å². The Hall–Kier alpha value is -1.57. The maximum absolute atomic E-state index is 12.0. The largest absolute Gasteiger partial charge is 0.366 e. The number of methoxy groups -OCH3 is 1. The van der Waals surface area contributed by atoms with Gasteiger partial charge in [-0.2, -0.15) is 0 Å². The number of rotatable bonds is 4. The van der Waals surface area contributed by atoms with Crippen LogP contribution in [0.2, 0.25) is 0 Å². The van der Waals surface area contributed by atoms with Gasteiger partial charge >= 0.3 is 0 Å². The van der Waals surface area contributed by atoms with E-state index >= 15 is 0 Å². The highest BCUT2D eigenvalue weighted by Gasteiger charge is 2.12. The van der Waals surface area contributed by atoms with Crippen molar-refractivity contribution in [3.8, 4) is 11.8 Å². The van der Waals surface area contributed by atoms with Crippen LogP contribution in [-0.4, -0.2) is 26.9 Å². The minimum absolute atomic E-state index is 0.0574. The summed E-state index contributed by atoms with van der Waals surface area (Å²) in [6, 6.07) is 6.82. The minimum atomic E-state index is -3.28. The number of allylic oxidation sites excluding steroid dienone is 1. The van der Waals surface area contributed by atoms with E-state index in [1.54, 1.807) is 43.5 Å². The fraction of sp³-hybridized carbons (Fsp3) is 0.375. The fourth-order valence-electron chi connectivity index (χ4n) is 1.34. The van der Waals surface area contributed by atoms with Crippen LogP contribution in [0.15, 0.2) is 41.3 Å². The maximum atomic E-state index is 12.0. The molecule has 0 bridgehead atoms. The molecule has 0 saturated heterocycles. The summed E-state index contributed by atoms with van der Waals surface area (Å²) >= 11 is 0. The molecule has 0 saturated carbocycles. The van der Waals surface area contributed by atoms with Crippen LogP contribution in [0.1, 0.15) is 19.4 Å². The smallest absolute Gasteiger partial charge is 0.181 e. The van der Waals surface area contributed by atoms with Gasteiger partial charge in [-0.15, -0.1) is 0 Å². The Bertz CT molecular complexity index is 627. The zero-order chi connectivity index (χ0) is 15.2. The molecule has 0 fully saturated rings. The van der Waals surface area contributed by atoms with Crippen molar-refractivity contribution in [2.75, 3.05) is 12.9 Å². The lowest BCUT2D eigenvalue weighted by Crippen LogP contribution is -2.18. The fourth-order valence-corrected chi connectivity index (χ4v) is 2.43. The Morgan fingerprint density at radius 1 is 1.25 bits per heavy atom. The van der Waals surface area contributed by atoms with Crippen LogP contribution >= 0.6 is 0 Å². The predicted octanol–water partition coefficient (Wildman–Crippen LogP) is 2.75. The van der Waals surface area contributed by atoms with E-state index in [1.165, 1.54) is 0 Å². The zero-order valence-corrected chi connectivity index (χ0v) is 13.1. The number of hydrogen-bond donors (Lipinski definition) is 0. The van der Waals surface area contributed by atoms with Gasteiger partial charge in [0.15, 0.2) is 9.84 Å². The van der Waals surface area contributed by atoms with Crippen LogP contribution in [0.3, 0.4) is 0 Å².